The summed E-state index contributed by atoms with van der Waals surface area (Å²) in [6, 6.07) is 8.34. The lowest BCUT2D eigenvalue weighted by atomic mass is 10.1. The van der Waals surface area contributed by atoms with Gasteiger partial charge in [0.1, 0.15) is 12.4 Å². The van der Waals surface area contributed by atoms with Crippen LogP contribution in [0, 0.1) is 0 Å². The summed E-state index contributed by atoms with van der Waals surface area (Å²) in [5.41, 5.74) is 1.25. The zero-order valence-corrected chi connectivity index (χ0v) is 13.1. The number of rotatable bonds is 9. The van der Waals surface area contributed by atoms with Crippen LogP contribution < -0.4 is 10.1 Å². The molecule has 0 radical (unpaired) electrons. The van der Waals surface area contributed by atoms with Gasteiger partial charge in [0.25, 0.3) is 0 Å². The molecule has 0 aliphatic carbocycles. The number of hydrogen-bond donors (Lipinski definition) is 1. The molecule has 1 aliphatic rings. The minimum absolute atomic E-state index is 0.742. The third-order valence-corrected chi connectivity index (χ3v) is 3.84. The van der Waals surface area contributed by atoms with Gasteiger partial charge in [0, 0.05) is 26.7 Å². The first kappa shape index (κ1) is 16.3. The zero-order chi connectivity index (χ0) is 14.8. The smallest absolute Gasteiger partial charge is 0.119 e. The van der Waals surface area contributed by atoms with Gasteiger partial charge in [-0.15, -0.1) is 0 Å². The van der Waals surface area contributed by atoms with E-state index < -0.39 is 0 Å². The molecule has 2 rings (SSSR count). The van der Waals surface area contributed by atoms with E-state index in [4.69, 9.17) is 9.47 Å². The van der Waals surface area contributed by atoms with E-state index in [1.54, 1.807) is 7.11 Å². The predicted molar refractivity (Wildman–Crippen MR) is 85.8 cm³/mol. The fraction of sp³-hybridized carbons (Fsp3) is 0.647. The molecular formula is C17H28N2O2. The molecule has 1 aromatic carbocycles. The molecule has 1 aromatic rings. The second-order valence-corrected chi connectivity index (χ2v) is 5.57. The highest BCUT2D eigenvalue weighted by molar-refractivity contribution is 5.28. The highest BCUT2D eigenvalue weighted by Crippen LogP contribution is 2.14. The van der Waals surface area contributed by atoms with Gasteiger partial charge in [-0.1, -0.05) is 18.6 Å². The zero-order valence-electron chi connectivity index (χ0n) is 13.1. The van der Waals surface area contributed by atoms with Gasteiger partial charge in [-0.25, -0.2) is 0 Å². The number of methoxy groups -OCH3 is 1. The number of nitrogens with one attached hydrogen (secondary N) is 1. The van der Waals surface area contributed by atoms with E-state index in [2.05, 4.69) is 28.4 Å². The van der Waals surface area contributed by atoms with E-state index in [0.717, 1.165) is 38.6 Å². The van der Waals surface area contributed by atoms with Crippen molar-refractivity contribution in [3.8, 4) is 5.75 Å². The van der Waals surface area contributed by atoms with Crippen molar-refractivity contribution < 1.29 is 9.47 Å². The normalized spacial score (nSPS) is 16.0. The van der Waals surface area contributed by atoms with Crippen molar-refractivity contribution >= 4 is 0 Å². The maximum absolute atomic E-state index is 5.88. The molecule has 0 spiro atoms. The Morgan fingerprint density at radius 2 is 2.00 bits per heavy atom. The summed E-state index contributed by atoms with van der Waals surface area (Å²) >= 11 is 0. The molecule has 118 valence electrons. The van der Waals surface area contributed by atoms with E-state index in [1.165, 1.54) is 37.9 Å². The van der Waals surface area contributed by atoms with Crippen molar-refractivity contribution in [1.82, 2.24) is 10.2 Å². The Labute approximate surface area is 128 Å². The molecule has 0 amide bonds. The molecule has 21 heavy (non-hydrogen) atoms. The van der Waals surface area contributed by atoms with Crippen LogP contribution in [0.5, 0.6) is 5.75 Å². The largest absolute Gasteiger partial charge is 0.492 e. The predicted octanol–water partition coefficient (Wildman–Crippen LogP) is 2.29. The van der Waals surface area contributed by atoms with Crippen LogP contribution >= 0.6 is 0 Å². The molecule has 1 fully saturated rings. The number of ether oxygens (including phenoxy) is 2. The molecule has 0 aromatic heterocycles. The summed E-state index contributed by atoms with van der Waals surface area (Å²) in [4.78, 5) is 2.50. The van der Waals surface area contributed by atoms with Gasteiger partial charge in [-0.05, 0) is 43.6 Å². The van der Waals surface area contributed by atoms with Gasteiger partial charge >= 0.3 is 0 Å². The molecule has 0 saturated carbocycles. The fourth-order valence-corrected chi connectivity index (χ4v) is 2.63. The van der Waals surface area contributed by atoms with Gasteiger partial charge in [0.2, 0.25) is 0 Å². The molecule has 0 unspecified atom stereocenters. The van der Waals surface area contributed by atoms with Crippen molar-refractivity contribution in [3.05, 3.63) is 29.8 Å². The van der Waals surface area contributed by atoms with Gasteiger partial charge in [-0.3, -0.25) is 4.90 Å². The van der Waals surface area contributed by atoms with Crippen molar-refractivity contribution in [2.45, 2.75) is 25.8 Å². The van der Waals surface area contributed by atoms with Crippen LogP contribution in [0.4, 0.5) is 0 Å². The Bertz CT molecular complexity index is 392. The third kappa shape index (κ3) is 6.46. The first-order chi connectivity index (χ1) is 10.4. The molecular weight excluding hydrogens is 264 g/mol. The molecule has 1 N–H and O–H groups in total. The lowest BCUT2D eigenvalue weighted by Gasteiger charge is -2.26. The lowest BCUT2D eigenvalue weighted by Crippen LogP contribution is -2.33. The quantitative estimate of drug-likeness (QED) is 0.708. The standard InChI is InChI=1S/C17H28N2O2/c1-20-12-8-18-15-16-6-5-7-17(14-16)21-13-11-19-9-3-2-4-10-19/h5-7,14,18H,2-4,8-13,15H2,1H3. The number of likely N-dealkylation sites (tertiary alicyclic amines) is 1. The van der Waals surface area contributed by atoms with Crippen LogP contribution in [-0.4, -0.2) is 51.4 Å². The summed E-state index contributed by atoms with van der Waals surface area (Å²) in [7, 11) is 1.72. The Hall–Kier alpha value is -1.10. The number of benzene rings is 1. The van der Waals surface area contributed by atoms with Crippen LogP contribution in [0.1, 0.15) is 24.8 Å². The molecule has 1 saturated heterocycles. The van der Waals surface area contributed by atoms with E-state index in [1.807, 2.05) is 6.07 Å². The summed E-state index contributed by atoms with van der Waals surface area (Å²) in [6.45, 7) is 6.74. The Kier molecular flexibility index (Phi) is 7.57. The van der Waals surface area contributed by atoms with Gasteiger partial charge in [-0.2, -0.15) is 0 Å². The second-order valence-electron chi connectivity index (χ2n) is 5.57. The average Bonchev–Trinajstić information content (AvgIpc) is 2.53. The average molecular weight is 292 g/mol. The van der Waals surface area contributed by atoms with Crippen molar-refractivity contribution in [3.63, 3.8) is 0 Å². The van der Waals surface area contributed by atoms with Crippen LogP contribution in [0.2, 0.25) is 0 Å². The van der Waals surface area contributed by atoms with Crippen molar-refractivity contribution in [2.75, 3.05) is 46.5 Å². The van der Waals surface area contributed by atoms with E-state index in [9.17, 15) is 0 Å². The summed E-state index contributed by atoms with van der Waals surface area (Å²) < 4.78 is 10.9. The molecule has 4 heteroatoms. The first-order valence-electron chi connectivity index (χ1n) is 8.02. The molecule has 0 bridgehead atoms. The lowest BCUT2D eigenvalue weighted by molar-refractivity contribution is 0.183. The number of piperidine rings is 1. The molecule has 0 atom stereocenters. The monoisotopic (exact) mass is 292 g/mol. The minimum Gasteiger partial charge on any atom is -0.492 e. The van der Waals surface area contributed by atoms with Gasteiger partial charge in [0.15, 0.2) is 0 Å². The summed E-state index contributed by atoms with van der Waals surface area (Å²) in [5, 5.41) is 3.35. The van der Waals surface area contributed by atoms with E-state index in [0.29, 0.717) is 0 Å². The topological polar surface area (TPSA) is 33.7 Å². The highest BCUT2D eigenvalue weighted by atomic mass is 16.5. The van der Waals surface area contributed by atoms with E-state index in [-0.39, 0.29) is 0 Å². The SMILES string of the molecule is COCCNCc1cccc(OCCN2CCCCC2)c1. The second kappa shape index (κ2) is 9.77. The highest BCUT2D eigenvalue weighted by Gasteiger charge is 2.09. The fourth-order valence-electron chi connectivity index (χ4n) is 2.63. The van der Waals surface area contributed by atoms with Crippen LogP contribution in [0.25, 0.3) is 0 Å². The number of nitrogens with zero attached hydrogens (tertiary/aromatic N) is 1. The summed E-state index contributed by atoms with van der Waals surface area (Å²) in [5.74, 6) is 0.970. The van der Waals surface area contributed by atoms with Crippen LogP contribution in [0.15, 0.2) is 24.3 Å². The van der Waals surface area contributed by atoms with E-state index >= 15 is 0 Å². The summed E-state index contributed by atoms with van der Waals surface area (Å²) in [6.07, 6.45) is 4.06. The van der Waals surface area contributed by atoms with Gasteiger partial charge in [0.05, 0.1) is 6.61 Å². The Balaban J connectivity index is 1.67. The molecule has 1 aliphatic heterocycles. The maximum Gasteiger partial charge on any atom is 0.119 e. The van der Waals surface area contributed by atoms with Crippen LogP contribution in [0.3, 0.4) is 0 Å². The van der Waals surface area contributed by atoms with Crippen LogP contribution in [-0.2, 0) is 11.3 Å². The third-order valence-electron chi connectivity index (χ3n) is 3.84. The minimum atomic E-state index is 0.742. The van der Waals surface area contributed by atoms with Crippen molar-refractivity contribution in [2.24, 2.45) is 0 Å². The molecule has 1 heterocycles. The van der Waals surface area contributed by atoms with Crippen molar-refractivity contribution in [1.29, 1.82) is 0 Å². The molecule has 4 nitrogen and oxygen atoms in total. The Morgan fingerprint density at radius 1 is 1.14 bits per heavy atom. The number of hydrogen-bond acceptors (Lipinski definition) is 4. The Morgan fingerprint density at radius 3 is 2.81 bits per heavy atom. The van der Waals surface area contributed by atoms with Gasteiger partial charge < -0.3 is 14.8 Å². The first-order valence-corrected chi connectivity index (χ1v) is 8.02. The maximum atomic E-state index is 5.88.